The van der Waals surface area contributed by atoms with Gasteiger partial charge in [0.2, 0.25) is 0 Å². The minimum atomic E-state index is 0.965. The van der Waals surface area contributed by atoms with Crippen LogP contribution in [0.15, 0.2) is 33.2 Å². The fourth-order valence-electron chi connectivity index (χ4n) is 5.97. The summed E-state index contributed by atoms with van der Waals surface area (Å²) in [7, 11) is 0. The van der Waals surface area contributed by atoms with E-state index in [9.17, 15) is 0 Å². The highest BCUT2D eigenvalue weighted by Gasteiger charge is 2.24. The molecule has 2 aliphatic heterocycles. The summed E-state index contributed by atoms with van der Waals surface area (Å²) in [5, 5.41) is 0. The lowest BCUT2D eigenvalue weighted by Crippen LogP contribution is -1.85. The maximum Gasteiger partial charge on any atom is 0.103 e. The number of nitrogens with one attached hydrogen (secondary N) is 2. The number of allylic oxidation sites excluding steroid dienone is 2. The highest BCUT2D eigenvalue weighted by atomic mass is 79.9. The highest BCUT2D eigenvalue weighted by Crippen LogP contribution is 2.44. The molecular formula is C36H42Br4N4. The van der Waals surface area contributed by atoms with Crippen molar-refractivity contribution < 1.29 is 0 Å². The van der Waals surface area contributed by atoms with E-state index in [2.05, 4.69) is 126 Å². The van der Waals surface area contributed by atoms with Crippen LogP contribution in [-0.4, -0.2) is 19.9 Å². The van der Waals surface area contributed by atoms with Gasteiger partial charge in [0.15, 0.2) is 0 Å². The molecule has 0 amide bonds. The second-order valence-electron chi connectivity index (χ2n) is 11.8. The molecule has 0 spiro atoms. The normalized spacial score (nSPS) is 13.5. The summed E-state index contributed by atoms with van der Waals surface area (Å²) >= 11 is 16.0. The van der Waals surface area contributed by atoms with E-state index in [-0.39, 0.29) is 0 Å². The molecule has 0 aliphatic carbocycles. The van der Waals surface area contributed by atoms with Crippen LogP contribution in [0.25, 0.3) is 42.2 Å². The van der Waals surface area contributed by atoms with Gasteiger partial charge in [-0.3, -0.25) is 0 Å². The zero-order chi connectivity index (χ0) is 31.4. The smallest absolute Gasteiger partial charge is 0.103 e. The first kappa shape index (κ1) is 33.9. The summed E-state index contributed by atoms with van der Waals surface area (Å²) in [5.74, 6) is 0. The third kappa shape index (κ3) is 6.79. The maximum atomic E-state index is 5.27. The van der Waals surface area contributed by atoms with E-state index < -0.39 is 0 Å². The SMILES string of the molecule is CCCCC1=C(Br)c2nc1ccc1[nH]c(c3nc(ccc4[nH]c2c(Br)c4CCCC)C(CCCC)=C3Br)c(Br)c1CCCC. The summed E-state index contributed by atoms with van der Waals surface area (Å²) in [4.78, 5) is 18.1. The second-order valence-corrected chi connectivity index (χ2v) is 14.9. The molecule has 5 rings (SSSR count). The molecule has 8 heteroatoms. The highest BCUT2D eigenvalue weighted by molar-refractivity contribution is 9.15. The van der Waals surface area contributed by atoms with E-state index in [4.69, 9.17) is 9.97 Å². The van der Waals surface area contributed by atoms with Crippen molar-refractivity contribution in [3.05, 3.63) is 67.1 Å². The molecule has 0 unspecified atom stereocenters. The first-order valence-corrected chi connectivity index (χ1v) is 19.4. The van der Waals surface area contributed by atoms with Crippen molar-refractivity contribution in [1.82, 2.24) is 19.9 Å². The van der Waals surface area contributed by atoms with E-state index in [0.717, 1.165) is 140 Å². The van der Waals surface area contributed by atoms with Crippen molar-refractivity contribution in [2.75, 3.05) is 0 Å². The first-order chi connectivity index (χ1) is 21.3. The van der Waals surface area contributed by atoms with Crippen LogP contribution in [0.4, 0.5) is 0 Å². The molecule has 0 radical (unpaired) electrons. The first-order valence-electron chi connectivity index (χ1n) is 16.2. The van der Waals surface area contributed by atoms with Crippen LogP contribution in [0.3, 0.4) is 0 Å². The lowest BCUT2D eigenvalue weighted by Gasteiger charge is -2.02. The molecule has 2 aliphatic rings. The van der Waals surface area contributed by atoms with Crippen LogP contribution >= 0.6 is 63.7 Å². The number of halogens is 4. The number of hydrogen-bond acceptors (Lipinski definition) is 2. The topological polar surface area (TPSA) is 57.4 Å². The van der Waals surface area contributed by atoms with Crippen molar-refractivity contribution in [1.29, 1.82) is 0 Å². The summed E-state index contributed by atoms with van der Waals surface area (Å²) in [6.07, 6.45) is 13.0. The van der Waals surface area contributed by atoms with Crippen LogP contribution in [0.5, 0.6) is 0 Å². The molecule has 4 nitrogen and oxygen atoms in total. The average Bonchev–Trinajstić information content (AvgIpc) is 3.70. The van der Waals surface area contributed by atoms with Crippen LogP contribution in [0.1, 0.15) is 126 Å². The fraction of sp³-hybridized carbons (Fsp3) is 0.444. The molecule has 3 aromatic heterocycles. The van der Waals surface area contributed by atoms with Crippen LogP contribution in [-0.2, 0) is 12.8 Å². The summed E-state index contributed by atoms with van der Waals surface area (Å²) in [6.45, 7) is 8.98. The molecule has 0 atom stereocenters. The van der Waals surface area contributed by atoms with E-state index in [0.29, 0.717) is 0 Å². The predicted molar refractivity (Wildman–Crippen MR) is 204 cm³/mol. The standard InChI is InChI=1S/C36H42Br4N4/c1-5-9-13-21-25-17-18-26-22(14-10-6-2)31(39)35(43-26)36-32(40)24(16-12-8-4)28(44-36)20-19-27-23(15-11-7-3)30(38)34(42-27)33(41-25)29(21)37/h17-20,41,44H,5-16H2,1-4H3. The van der Waals surface area contributed by atoms with Crippen LogP contribution in [0.2, 0.25) is 0 Å². The van der Waals surface area contributed by atoms with Crippen LogP contribution in [0, 0.1) is 0 Å². The van der Waals surface area contributed by atoms with Gasteiger partial charge in [0, 0.05) is 20.0 Å². The zero-order valence-corrected chi connectivity index (χ0v) is 32.5. The Hall–Kier alpha value is -1.48. The largest absolute Gasteiger partial charge is 0.353 e. The van der Waals surface area contributed by atoms with Gasteiger partial charge in [0.1, 0.15) is 11.4 Å². The van der Waals surface area contributed by atoms with Gasteiger partial charge in [-0.25, -0.2) is 9.97 Å². The minimum absolute atomic E-state index is 0.965. The van der Waals surface area contributed by atoms with E-state index in [1.54, 1.807) is 0 Å². The number of unbranched alkanes of at least 4 members (excludes halogenated alkanes) is 4. The van der Waals surface area contributed by atoms with Gasteiger partial charge < -0.3 is 9.97 Å². The van der Waals surface area contributed by atoms with E-state index in [1.807, 2.05) is 0 Å². The van der Waals surface area contributed by atoms with Gasteiger partial charge in [-0.1, -0.05) is 53.4 Å². The number of H-pyrrole nitrogens is 2. The Bertz CT molecular complexity index is 1630. The van der Waals surface area contributed by atoms with Gasteiger partial charge in [-0.05, 0) is 162 Å². The Balaban J connectivity index is 1.91. The van der Waals surface area contributed by atoms with Gasteiger partial charge in [-0.15, -0.1) is 0 Å². The van der Waals surface area contributed by atoms with Crippen molar-refractivity contribution in [3.63, 3.8) is 0 Å². The van der Waals surface area contributed by atoms with Gasteiger partial charge >= 0.3 is 0 Å². The van der Waals surface area contributed by atoms with Crippen molar-refractivity contribution >= 4 is 106 Å². The van der Waals surface area contributed by atoms with E-state index >= 15 is 0 Å². The molecule has 0 saturated heterocycles. The van der Waals surface area contributed by atoms with Gasteiger partial charge in [0.05, 0.1) is 31.4 Å². The number of aromatic amines is 2. The lowest BCUT2D eigenvalue weighted by molar-refractivity contribution is 0.798. The number of rotatable bonds is 12. The Morgan fingerprint density at radius 3 is 1.25 bits per heavy atom. The predicted octanol–water partition coefficient (Wildman–Crippen LogP) is 13.4. The monoisotopic (exact) mass is 846 g/mol. The molecule has 8 bridgehead atoms. The number of nitrogens with zero attached hydrogens (tertiary/aromatic N) is 2. The van der Waals surface area contributed by atoms with Crippen LogP contribution < -0.4 is 0 Å². The Labute approximate surface area is 295 Å². The van der Waals surface area contributed by atoms with Crippen molar-refractivity contribution in [3.8, 4) is 0 Å². The number of aromatic nitrogens is 4. The molecule has 3 aromatic rings. The number of aryl methyl sites for hydroxylation is 2. The third-order valence-electron chi connectivity index (χ3n) is 8.58. The number of hydrogen-bond donors (Lipinski definition) is 2. The molecule has 234 valence electrons. The fourth-order valence-corrected chi connectivity index (χ4v) is 8.75. The summed E-state index contributed by atoms with van der Waals surface area (Å²) in [5.41, 5.74) is 13.4. The Morgan fingerprint density at radius 1 is 0.523 bits per heavy atom. The third-order valence-corrected chi connectivity index (χ3v) is 12.0. The minimum Gasteiger partial charge on any atom is -0.353 e. The zero-order valence-electron chi connectivity index (χ0n) is 26.2. The molecule has 44 heavy (non-hydrogen) atoms. The molecular weight excluding hydrogens is 808 g/mol. The van der Waals surface area contributed by atoms with Crippen molar-refractivity contribution in [2.24, 2.45) is 0 Å². The number of fused-ring (bicyclic) bond motifs is 10. The molecule has 5 heterocycles. The quantitative estimate of drug-likeness (QED) is 0.191. The maximum absolute atomic E-state index is 5.27. The summed E-state index contributed by atoms with van der Waals surface area (Å²) < 4.78 is 4.38. The Morgan fingerprint density at radius 2 is 0.886 bits per heavy atom. The van der Waals surface area contributed by atoms with Gasteiger partial charge in [0.25, 0.3) is 0 Å². The molecule has 0 fully saturated rings. The molecule has 2 N–H and O–H groups in total. The van der Waals surface area contributed by atoms with Crippen molar-refractivity contribution in [2.45, 2.75) is 105 Å². The average molecular weight is 850 g/mol. The molecule has 0 aromatic carbocycles. The Kier molecular flexibility index (Phi) is 11.9. The van der Waals surface area contributed by atoms with E-state index in [1.165, 1.54) is 22.3 Å². The molecule has 0 saturated carbocycles. The lowest BCUT2D eigenvalue weighted by atomic mass is 10.1. The van der Waals surface area contributed by atoms with Gasteiger partial charge in [-0.2, -0.15) is 0 Å². The second kappa shape index (κ2) is 15.4. The summed E-state index contributed by atoms with van der Waals surface area (Å²) in [6, 6.07) is 8.83.